The fourth-order valence-electron chi connectivity index (χ4n) is 2.73. The van der Waals surface area contributed by atoms with Gasteiger partial charge in [-0.25, -0.2) is 16.8 Å². The van der Waals surface area contributed by atoms with Crippen LogP contribution in [0.3, 0.4) is 0 Å². The van der Waals surface area contributed by atoms with Crippen molar-refractivity contribution < 1.29 is 16.8 Å². The van der Waals surface area contributed by atoms with Crippen molar-refractivity contribution >= 4 is 19.9 Å². The molecule has 0 unspecified atom stereocenters. The molecule has 128 valence electrons. The normalized spacial score (nSPS) is 21.0. The molecule has 0 radical (unpaired) electrons. The number of benzene rings is 1. The molecule has 0 spiro atoms. The van der Waals surface area contributed by atoms with Crippen molar-refractivity contribution in [3.8, 4) is 0 Å². The van der Waals surface area contributed by atoms with Gasteiger partial charge in [-0.1, -0.05) is 32.1 Å². The second kappa shape index (κ2) is 6.75. The Balaban J connectivity index is 2.35. The molecule has 1 saturated heterocycles. The molecule has 1 aliphatic rings. The van der Waals surface area contributed by atoms with Gasteiger partial charge in [-0.05, 0) is 30.0 Å². The maximum atomic E-state index is 12.9. The van der Waals surface area contributed by atoms with Gasteiger partial charge in [0.25, 0.3) is 0 Å². The molecule has 0 aromatic heterocycles. The fraction of sp³-hybridized carbons (Fsp3) is 0.500. The van der Waals surface area contributed by atoms with Crippen LogP contribution < -0.4 is 0 Å². The third-order valence-electron chi connectivity index (χ3n) is 4.08. The van der Waals surface area contributed by atoms with Gasteiger partial charge in [0.15, 0.2) is 9.84 Å². The Morgan fingerprint density at radius 2 is 1.91 bits per heavy atom. The third kappa shape index (κ3) is 4.02. The minimum absolute atomic E-state index is 0.0348. The monoisotopic (exact) mass is 357 g/mol. The van der Waals surface area contributed by atoms with Gasteiger partial charge in [-0.3, -0.25) is 0 Å². The van der Waals surface area contributed by atoms with Gasteiger partial charge in [-0.2, -0.15) is 4.31 Å². The largest absolute Gasteiger partial charge is 0.243 e. The summed E-state index contributed by atoms with van der Waals surface area (Å²) in [5, 5.41) is 0. The fourth-order valence-corrected chi connectivity index (χ4v) is 6.18. The van der Waals surface area contributed by atoms with E-state index in [1.807, 2.05) is 13.8 Å². The van der Waals surface area contributed by atoms with Crippen LogP contribution in [0.2, 0.25) is 0 Å². The Bertz CT molecular complexity index is 765. The summed E-state index contributed by atoms with van der Waals surface area (Å²) in [7, 11) is -6.90. The van der Waals surface area contributed by atoms with E-state index in [9.17, 15) is 16.8 Å². The Labute approximate surface area is 139 Å². The molecule has 5 nitrogen and oxygen atoms in total. The van der Waals surface area contributed by atoms with Crippen molar-refractivity contribution in [3.05, 3.63) is 42.5 Å². The SMILES string of the molecule is C=CCN([C@@H]1CCS(=O)(=O)C1)S(=O)(=O)c1ccc(C(C)C)cc1. The van der Waals surface area contributed by atoms with Crippen molar-refractivity contribution in [2.75, 3.05) is 18.1 Å². The number of hydrogen-bond donors (Lipinski definition) is 0. The highest BCUT2D eigenvalue weighted by Crippen LogP contribution is 2.26. The quantitative estimate of drug-likeness (QED) is 0.732. The lowest BCUT2D eigenvalue weighted by Crippen LogP contribution is -2.41. The lowest BCUT2D eigenvalue weighted by molar-refractivity contribution is 0.367. The third-order valence-corrected chi connectivity index (χ3v) is 7.76. The van der Waals surface area contributed by atoms with Crippen LogP contribution in [0.15, 0.2) is 41.8 Å². The van der Waals surface area contributed by atoms with Gasteiger partial charge in [0.1, 0.15) is 0 Å². The molecule has 0 aliphatic carbocycles. The Hall–Kier alpha value is -1.18. The molecule has 1 atom stereocenters. The van der Waals surface area contributed by atoms with E-state index in [1.165, 1.54) is 10.4 Å². The van der Waals surface area contributed by atoms with Crippen molar-refractivity contribution in [1.29, 1.82) is 0 Å². The van der Waals surface area contributed by atoms with Gasteiger partial charge >= 0.3 is 0 Å². The van der Waals surface area contributed by atoms with E-state index in [2.05, 4.69) is 6.58 Å². The predicted molar refractivity (Wildman–Crippen MR) is 91.7 cm³/mol. The average Bonchev–Trinajstić information content (AvgIpc) is 2.84. The van der Waals surface area contributed by atoms with Crippen LogP contribution in [0.1, 0.15) is 31.7 Å². The Morgan fingerprint density at radius 1 is 1.30 bits per heavy atom. The van der Waals surface area contributed by atoms with Crippen molar-refractivity contribution in [3.63, 3.8) is 0 Å². The van der Waals surface area contributed by atoms with E-state index in [4.69, 9.17) is 0 Å². The molecule has 1 aromatic carbocycles. The highest BCUT2D eigenvalue weighted by Gasteiger charge is 2.38. The molecule has 0 N–H and O–H groups in total. The minimum atomic E-state index is -3.74. The average molecular weight is 357 g/mol. The first-order chi connectivity index (χ1) is 10.7. The van der Waals surface area contributed by atoms with Crippen molar-refractivity contribution in [1.82, 2.24) is 4.31 Å². The maximum absolute atomic E-state index is 12.9. The van der Waals surface area contributed by atoms with Crippen LogP contribution in [-0.4, -0.2) is 45.2 Å². The van der Waals surface area contributed by atoms with Gasteiger partial charge in [-0.15, -0.1) is 6.58 Å². The number of hydrogen-bond acceptors (Lipinski definition) is 4. The van der Waals surface area contributed by atoms with E-state index in [1.54, 1.807) is 24.3 Å². The zero-order valence-corrected chi connectivity index (χ0v) is 15.1. The first-order valence-electron chi connectivity index (χ1n) is 7.60. The summed E-state index contributed by atoms with van der Waals surface area (Å²) in [6.45, 7) is 7.78. The summed E-state index contributed by atoms with van der Waals surface area (Å²) >= 11 is 0. The second-order valence-electron chi connectivity index (χ2n) is 6.14. The number of sulfone groups is 1. The number of sulfonamides is 1. The maximum Gasteiger partial charge on any atom is 0.243 e. The molecule has 0 amide bonds. The summed E-state index contributed by atoms with van der Waals surface area (Å²) in [4.78, 5) is 0.188. The van der Waals surface area contributed by atoms with Crippen LogP contribution in [0.5, 0.6) is 0 Å². The smallest absolute Gasteiger partial charge is 0.229 e. The van der Waals surface area contributed by atoms with E-state index >= 15 is 0 Å². The molecule has 2 rings (SSSR count). The molecule has 1 fully saturated rings. The van der Waals surface area contributed by atoms with Gasteiger partial charge in [0.2, 0.25) is 10.0 Å². The number of nitrogens with zero attached hydrogens (tertiary/aromatic N) is 1. The standard InChI is InChI=1S/C16H23NO4S2/c1-4-10-17(15-9-11-22(18,19)12-15)23(20,21)16-7-5-14(6-8-16)13(2)3/h4-8,13,15H,1,9-12H2,2-3H3/t15-/m1/s1. The molecular formula is C16H23NO4S2. The van der Waals surface area contributed by atoms with E-state index in [0.29, 0.717) is 12.3 Å². The second-order valence-corrected chi connectivity index (χ2v) is 10.3. The lowest BCUT2D eigenvalue weighted by atomic mass is 10.0. The summed E-state index contributed by atoms with van der Waals surface area (Å²) < 4.78 is 50.4. The van der Waals surface area contributed by atoms with Gasteiger partial charge in [0, 0.05) is 12.6 Å². The summed E-state index contributed by atoms with van der Waals surface area (Å²) in [5.41, 5.74) is 1.06. The van der Waals surface area contributed by atoms with Crippen LogP contribution in [0.25, 0.3) is 0 Å². The van der Waals surface area contributed by atoms with Crippen LogP contribution in [-0.2, 0) is 19.9 Å². The zero-order valence-electron chi connectivity index (χ0n) is 13.5. The molecule has 0 saturated carbocycles. The molecule has 1 aliphatic heterocycles. The van der Waals surface area contributed by atoms with E-state index in [-0.39, 0.29) is 22.9 Å². The highest BCUT2D eigenvalue weighted by atomic mass is 32.2. The molecule has 0 bridgehead atoms. The van der Waals surface area contributed by atoms with Crippen molar-refractivity contribution in [2.45, 2.75) is 37.1 Å². The summed E-state index contributed by atoms with van der Waals surface area (Å²) in [6, 6.07) is 6.26. The summed E-state index contributed by atoms with van der Waals surface area (Å²) in [5.74, 6) is 0.230. The predicted octanol–water partition coefficient (Wildman–Crippen LogP) is 2.17. The Kier molecular flexibility index (Phi) is 5.33. The Morgan fingerprint density at radius 3 is 2.35 bits per heavy atom. The topological polar surface area (TPSA) is 71.5 Å². The molecular weight excluding hydrogens is 334 g/mol. The minimum Gasteiger partial charge on any atom is -0.229 e. The highest BCUT2D eigenvalue weighted by molar-refractivity contribution is 7.92. The molecule has 23 heavy (non-hydrogen) atoms. The molecule has 1 aromatic rings. The van der Waals surface area contributed by atoms with Crippen LogP contribution in [0.4, 0.5) is 0 Å². The van der Waals surface area contributed by atoms with Gasteiger partial charge < -0.3 is 0 Å². The van der Waals surface area contributed by atoms with Crippen LogP contribution in [0, 0.1) is 0 Å². The first kappa shape index (κ1) is 18.2. The summed E-state index contributed by atoms with van der Waals surface area (Å²) in [6.07, 6.45) is 1.82. The van der Waals surface area contributed by atoms with E-state index < -0.39 is 25.9 Å². The van der Waals surface area contributed by atoms with E-state index in [0.717, 1.165) is 5.56 Å². The molecule has 1 heterocycles. The lowest BCUT2D eigenvalue weighted by Gasteiger charge is -2.26. The first-order valence-corrected chi connectivity index (χ1v) is 10.9. The van der Waals surface area contributed by atoms with Crippen molar-refractivity contribution in [2.24, 2.45) is 0 Å². The molecule has 7 heteroatoms. The van der Waals surface area contributed by atoms with Crippen LogP contribution >= 0.6 is 0 Å². The van der Waals surface area contributed by atoms with Gasteiger partial charge in [0.05, 0.1) is 16.4 Å². The zero-order chi connectivity index (χ0) is 17.3. The number of rotatable bonds is 6.